The first kappa shape index (κ1) is 46.9. The van der Waals surface area contributed by atoms with Crippen molar-refractivity contribution >= 4 is 5.91 Å². The third-order valence-electron chi connectivity index (χ3n) is 9.92. The van der Waals surface area contributed by atoms with Crippen LogP contribution in [0.4, 0.5) is 0 Å². The molecule has 1 amide bonds. The van der Waals surface area contributed by atoms with Crippen LogP contribution in [0.25, 0.3) is 0 Å². The first-order valence-corrected chi connectivity index (χ1v) is 21.6. The molecule has 4 nitrogen and oxygen atoms in total. The lowest BCUT2D eigenvalue weighted by atomic mass is 10.0. The highest BCUT2D eigenvalue weighted by Crippen LogP contribution is 2.16. The second-order valence-corrected chi connectivity index (χ2v) is 14.8. The molecule has 0 aliphatic rings. The maximum absolute atomic E-state index is 12.3. The van der Waals surface area contributed by atoms with Crippen molar-refractivity contribution in [3.05, 3.63) is 24.3 Å². The zero-order valence-corrected chi connectivity index (χ0v) is 32.5. The Morgan fingerprint density at radius 1 is 0.479 bits per heavy atom. The highest BCUT2D eigenvalue weighted by molar-refractivity contribution is 5.76. The minimum absolute atomic E-state index is 0.0750. The Balaban J connectivity index is 3.37. The van der Waals surface area contributed by atoms with E-state index in [1.165, 1.54) is 173 Å². The third-order valence-corrected chi connectivity index (χ3v) is 9.92. The first-order chi connectivity index (χ1) is 23.7. The summed E-state index contributed by atoms with van der Waals surface area (Å²) in [6.45, 7) is 4.20. The van der Waals surface area contributed by atoms with E-state index in [9.17, 15) is 15.0 Å². The molecule has 0 heterocycles. The van der Waals surface area contributed by atoms with Gasteiger partial charge in [-0.2, -0.15) is 0 Å². The van der Waals surface area contributed by atoms with Crippen molar-refractivity contribution in [1.82, 2.24) is 5.32 Å². The normalized spacial score (nSPS) is 13.2. The van der Waals surface area contributed by atoms with Crippen molar-refractivity contribution in [2.75, 3.05) is 6.61 Å². The molecule has 0 saturated carbocycles. The van der Waals surface area contributed by atoms with Gasteiger partial charge in [-0.3, -0.25) is 4.79 Å². The summed E-state index contributed by atoms with van der Waals surface area (Å²) in [6.07, 6.45) is 51.8. The van der Waals surface area contributed by atoms with Crippen molar-refractivity contribution in [3.63, 3.8) is 0 Å². The van der Waals surface area contributed by atoms with Gasteiger partial charge in [0.25, 0.3) is 0 Å². The number of aliphatic hydroxyl groups is 2. The standard InChI is InChI=1S/C44H85NO3/c1-3-5-7-9-11-12-13-14-15-16-17-18-19-20-21-22-23-24-25-26-27-28-29-30-31-32-34-36-38-40-44(48)45-42(41-46)43(47)39-37-35-33-10-8-6-4-2/h8,10,37,39,42-43,46-47H,3-7,9,11-36,38,40-41H2,1-2H3,(H,45,48)/b10-8+,39-37+. The van der Waals surface area contributed by atoms with E-state index in [4.69, 9.17) is 0 Å². The van der Waals surface area contributed by atoms with Crippen molar-refractivity contribution in [3.8, 4) is 0 Å². The molecule has 4 heteroatoms. The van der Waals surface area contributed by atoms with Crippen LogP contribution in [0.5, 0.6) is 0 Å². The van der Waals surface area contributed by atoms with Crippen molar-refractivity contribution in [2.24, 2.45) is 0 Å². The average molecular weight is 676 g/mol. The Morgan fingerprint density at radius 2 is 0.812 bits per heavy atom. The number of unbranched alkanes of at least 4 members (excludes halogenated alkanes) is 30. The van der Waals surface area contributed by atoms with Crippen LogP contribution >= 0.6 is 0 Å². The maximum Gasteiger partial charge on any atom is 0.220 e. The van der Waals surface area contributed by atoms with Gasteiger partial charge in [-0.25, -0.2) is 0 Å². The number of allylic oxidation sites excluding steroid dienone is 3. The van der Waals surface area contributed by atoms with E-state index in [1.807, 2.05) is 6.08 Å². The second kappa shape index (κ2) is 40.3. The number of rotatable bonds is 39. The summed E-state index contributed by atoms with van der Waals surface area (Å²) in [7, 11) is 0. The fourth-order valence-corrected chi connectivity index (χ4v) is 6.61. The van der Waals surface area contributed by atoms with E-state index in [-0.39, 0.29) is 12.5 Å². The summed E-state index contributed by atoms with van der Waals surface area (Å²) in [5.41, 5.74) is 0. The third kappa shape index (κ3) is 36.2. The van der Waals surface area contributed by atoms with Crippen LogP contribution in [0, 0.1) is 0 Å². The molecule has 0 aliphatic carbocycles. The Kier molecular flexibility index (Phi) is 39.4. The largest absolute Gasteiger partial charge is 0.394 e. The summed E-state index contributed by atoms with van der Waals surface area (Å²) in [5.74, 6) is -0.0750. The quantitative estimate of drug-likeness (QED) is 0.0448. The Labute approximate surface area is 300 Å². The molecule has 48 heavy (non-hydrogen) atoms. The molecule has 3 N–H and O–H groups in total. The van der Waals surface area contributed by atoms with Crippen LogP contribution in [0.2, 0.25) is 0 Å². The van der Waals surface area contributed by atoms with Gasteiger partial charge in [-0.15, -0.1) is 0 Å². The van der Waals surface area contributed by atoms with E-state index in [0.29, 0.717) is 6.42 Å². The van der Waals surface area contributed by atoms with Crippen LogP contribution < -0.4 is 5.32 Å². The lowest BCUT2D eigenvalue weighted by molar-refractivity contribution is -0.123. The highest BCUT2D eigenvalue weighted by Gasteiger charge is 2.17. The fourth-order valence-electron chi connectivity index (χ4n) is 6.61. The van der Waals surface area contributed by atoms with Gasteiger partial charge < -0.3 is 15.5 Å². The molecule has 0 radical (unpaired) electrons. The zero-order chi connectivity index (χ0) is 35.0. The smallest absolute Gasteiger partial charge is 0.220 e. The van der Waals surface area contributed by atoms with Gasteiger partial charge in [-0.1, -0.05) is 224 Å². The molecule has 0 fully saturated rings. The minimum Gasteiger partial charge on any atom is -0.394 e. The van der Waals surface area contributed by atoms with E-state index in [1.54, 1.807) is 6.08 Å². The molecule has 0 aliphatic heterocycles. The summed E-state index contributed by atoms with van der Waals surface area (Å²) < 4.78 is 0. The van der Waals surface area contributed by atoms with Crippen LogP contribution in [0.15, 0.2) is 24.3 Å². The molecule has 2 atom stereocenters. The van der Waals surface area contributed by atoms with E-state index >= 15 is 0 Å². The van der Waals surface area contributed by atoms with Gasteiger partial charge in [-0.05, 0) is 25.7 Å². The van der Waals surface area contributed by atoms with Crippen LogP contribution in [-0.4, -0.2) is 34.9 Å². The summed E-state index contributed by atoms with van der Waals surface area (Å²) in [5, 5.41) is 22.7. The number of hydrogen-bond acceptors (Lipinski definition) is 3. The number of carbonyl (C=O) groups is 1. The van der Waals surface area contributed by atoms with Gasteiger partial charge in [0.05, 0.1) is 18.8 Å². The molecule has 0 saturated heterocycles. The van der Waals surface area contributed by atoms with Crippen molar-refractivity contribution in [1.29, 1.82) is 0 Å². The van der Waals surface area contributed by atoms with Crippen molar-refractivity contribution in [2.45, 2.75) is 244 Å². The lowest BCUT2D eigenvalue weighted by Crippen LogP contribution is -2.45. The molecule has 0 rings (SSSR count). The van der Waals surface area contributed by atoms with Gasteiger partial charge >= 0.3 is 0 Å². The van der Waals surface area contributed by atoms with E-state index < -0.39 is 12.1 Å². The second-order valence-electron chi connectivity index (χ2n) is 14.8. The van der Waals surface area contributed by atoms with E-state index in [0.717, 1.165) is 38.5 Å². The Bertz CT molecular complexity index is 691. The zero-order valence-electron chi connectivity index (χ0n) is 32.5. The molecule has 0 aromatic carbocycles. The predicted octanol–water partition coefficient (Wildman–Crippen LogP) is 13.2. The summed E-state index contributed by atoms with van der Waals surface area (Å²) in [4.78, 5) is 12.3. The van der Waals surface area contributed by atoms with Gasteiger partial charge in [0.15, 0.2) is 0 Å². The molecule has 0 aromatic rings. The monoisotopic (exact) mass is 676 g/mol. The van der Waals surface area contributed by atoms with E-state index in [2.05, 4.69) is 31.3 Å². The number of carbonyl (C=O) groups excluding carboxylic acids is 1. The topological polar surface area (TPSA) is 69.6 Å². The molecular weight excluding hydrogens is 590 g/mol. The predicted molar refractivity (Wildman–Crippen MR) is 212 cm³/mol. The van der Waals surface area contributed by atoms with Crippen LogP contribution in [0.3, 0.4) is 0 Å². The Hall–Kier alpha value is -1.13. The van der Waals surface area contributed by atoms with Crippen molar-refractivity contribution < 1.29 is 15.0 Å². The van der Waals surface area contributed by atoms with Gasteiger partial charge in [0.1, 0.15) is 0 Å². The lowest BCUT2D eigenvalue weighted by Gasteiger charge is -2.19. The molecule has 284 valence electrons. The molecular formula is C44H85NO3. The summed E-state index contributed by atoms with van der Waals surface area (Å²) in [6, 6.07) is -0.631. The number of amides is 1. The summed E-state index contributed by atoms with van der Waals surface area (Å²) >= 11 is 0. The average Bonchev–Trinajstić information content (AvgIpc) is 3.09. The highest BCUT2D eigenvalue weighted by atomic mass is 16.3. The fraction of sp³-hybridized carbons (Fsp3) is 0.886. The Morgan fingerprint density at radius 3 is 1.17 bits per heavy atom. The van der Waals surface area contributed by atoms with Gasteiger partial charge in [0.2, 0.25) is 5.91 Å². The molecule has 2 unspecified atom stereocenters. The van der Waals surface area contributed by atoms with Crippen LogP contribution in [-0.2, 0) is 4.79 Å². The first-order valence-electron chi connectivity index (χ1n) is 21.6. The van der Waals surface area contributed by atoms with Gasteiger partial charge in [0, 0.05) is 6.42 Å². The number of hydrogen-bond donors (Lipinski definition) is 3. The maximum atomic E-state index is 12.3. The minimum atomic E-state index is -0.855. The molecule has 0 spiro atoms. The number of aliphatic hydroxyl groups excluding tert-OH is 2. The molecule has 0 aromatic heterocycles. The number of nitrogens with one attached hydrogen (secondary N) is 1. The SMILES string of the molecule is CCC/C=C/CC/C=C/C(O)C(CO)NC(=O)CCCCCCCCCCCCCCCCCCCCCCCCCCCCCCC. The molecule has 0 bridgehead atoms. The van der Waals surface area contributed by atoms with Crippen LogP contribution in [0.1, 0.15) is 232 Å².